The molecule has 1 fully saturated rings. The van der Waals surface area contributed by atoms with Crippen molar-refractivity contribution in [3.05, 3.63) is 65.2 Å². The lowest BCUT2D eigenvalue weighted by molar-refractivity contribution is -0.156. The van der Waals surface area contributed by atoms with Crippen LogP contribution >= 0.6 is 0 Å². The van der Waals surface area contributed by atoms with Crippen LogP contribution in [0.5, 0.6) is 0 Å². The van der Waals surface area contributed by atoms with Crippen LogP contribution in [-0.2, 0) is 30.2 Å². The third kappa shape index (κ3) is 17.1. The number of esters is 2. The predicted octanol–water partition coefficient (Wildman–Crippen LogP) is 12.1. The summed E-state index contributed by atoms with van der Waals surface area (Å²) < 4.78 is 23.5. The van der Waals surface area contributed by atoms with Gasteiger partial charge in [0, 0.05) is 0 Å². The van der Waals surface area contributed by atoms with E-state index in [0.717, 1.165) is 48.7 Å². The molecule has 3 unspecified atom stereocenters. The normalized spacial score (nSPS) is 16.0. The topological polar surface area (TPSA) is 71.1 Å². The lowest BCUT2D eigenvalue weighted by Gasteiger charge is -2.29. The van der Waals surface area contributed by atoms with Crippen LogP contribution in [0.2, 0.25) is 0 Å². The fourth-order valence-electron chi connectivity index (χ4n) is 7.33. The van der Waals surface area contributed by atoms with E-state index < -0.39 is 5.41 Å². The molecule has 2 aromatic rings. The summed E-state index contributed by atoms with van der Waals surface area (Å²) in [6, 6.07) is 15.5. The second kappa shape index (κ2) is 26.2. The van der Waals surface area contributed by atoms with Crippen molar-refractivity contribution in [1.29, 1.82) is 0 Å². The van der Waals surface area contributed by atoms with Crippen LogP contribution in [0, 0.1) is 5.41 Å². The summed E-state index contributed by atoms with van der Waals surface area (Å²) in [5.41, 5.74) is 2.99. The Bertz CT molecular complexity index is 1260. The van der Waals surface area contributed by atoms with Crippen molar-refractivity contribution in [3.63, 3.8) is 0 Å². The minimum atomic E-state index is -0.522. The zero-order chi connectivity index (χ0) is 38.2. The Hall–Kier alpha value is -2.64. The lowest BCUT2D eigenvalue weighted by Crippen LogP contribution is -2.32. The molecule has 0 aliphatic carbocycles. The van der Waals surface area contributed by atoms with Crippen LogP contribution in [0.3, 0.4) is 0 Å². The molecule has 3 rings (SSSR count). The maximum Gasteiger partial charge on any atom is 0.494 e. The summed E-state index contributed by atoms with van der Waals surface area (Å²) in [6.45, 7) is 12.1. The van der Waals surface area contributed by atoms with Gasteiger partial charge in [0.1, 0.15) is 6.61 Å². The molecule has 0 spiro atoms. The summed E-state index contributed by atoms with van der Waals surface area (Å²) in [7, 11) is -0.379. The summed E-state index contributed by atoms with van der Waals surface area (Å²) in [6.07, 6.45) is 25.7. The van der Waals surface area contributed by atoms with E-state index in [1.165, 1.54) is 103 Å². The number of ether oxygens (including phenoxy) is 2. The Labute approximate surface area is 324 Å². The van der Waals surface area contributed by atoms with Crippen molar-refractivity contribution in [1.82, 2.24) is 0 Å². The van der Waals surface area contributed by atoms with Crippen LogP contribution < -0.4 is 5.46 Å². The number of hydrogen-bond acceptors (Lipinski definition) is 6. The summed E-state index contributed by atoms with van der Waals surface area (Å²) in [5, 5.41) is 0. The third-order valence-electron chi connectivity index (χ3n) is 11.2. The fraction of sp³-hybridized carbons (Fsp3) is 0.696. The first kappa shape index (κ1) is 44.8. The quantitative estimate of drug-likeness (QED) is 0.0471. The molecule has 1 heterocycles. The molecule has 3 atom stereocenters. The molecule has 0 aromatic heterocycles. The largest absolute Gasteiger partial charge is 0.494 e. The molecule has 0 amide bonds. The molecule has 0 saturated carbocycles. The minimum absolute atomic E-state index is 0.0825. The first-order valence-corrected chi connectivity index (χ1v) is 21.6. The molecule has 2 aromatic carbocycles. The van der Waals surface area contributed by atoms with Crippen LogP contribution in [-0.4, -0.2) is 38.4 Å². The zero-order valence-corrected chi connectivity index (χ0v) is 34.3. The average molecular weight is 733 g/mol. The first-order valence-electron chi connectivity index (χ1n) is 21.6. The molecule has 0 radical (unpaired) electrons. The molecule has 1 saturated heterocycles. The summed E-state index contributed by atoms with van der Waals surface area (Å²) >= 11 is 0. The van der Waals surface area contributed by atoms with Gasteiger partial charge in [0.15, 0.2) is 0 Å². The molecule has 1 aliphatic heterocycles. The van der Waals surface area contributed by atoms with Crippen molar-refractivity contribution >= 4 is 24.5 Å². The third-order valence-corrected chi connectivity index (χ3v) is 11.2. The second-order valence-corrected chi connectivity index (χ2v) is 16.0. The van der Waals surface area contributed by atoms with Crippen molar-refractivity contribution in [2.75, 3.05) is 13.2 Å². The summed E-state index contributed by atoms with van der Waals surface area (Å²) in [4.78, 5) is 26.0. The maximum absolute atomic E-state index is 13.1. The van der Waals surface area contributed by atoms with Gasteiger partial charge in [0.25, 0.3) is 0 Å². The van der Waals surface area contributed by atoms with E-state index in [2.05, 4.69) is 39.8 Å². The van der Waals surface area contributed by atoms with Crippen molar-refractivity contribution in [3.8, 4) is 0 Å². The van der Waals surface area contributed by atoms with Gasteiger partial charge in [-0.3, -0.25) is 4.79 Å². The van der Waals surface area contributed by atoms with Crippen molar-refractivity contribution in [2.24, 2.45) is 5.41 Å². The monoisotopic (exact) mass is 733 g/mol. The predicted molar refractivity (Wildman–Crippen MR) is 220 cm³/mol. The molecule has 6 nitrogen and oxygen atoms in total. The fourth-order valence-corrected chi connectivity index (χ4v) is 7.33. The smallest absolute Gasteiger partial charge is 0.465 e. The van der Waals surface area contributed by atoms with Crippen molar-refractivity contribution in [2.45, 2.75) is 188 Å². The number of benzene rings is 2. The standard InChI is InChI=1S/C46H73BO6/c1-6-9-11-13-15-17-18-20-22-24-34-50-45(49)46(5,8-3)35-38(4)40-28-26-39(27-29-40)36-51-44(48)41-30-32-42(33-31-41)47-52-37-43(53-47)25-23-21-19-16-14-12-10-7-2/h26-33,38,43H,6-25,34-37H2,1-5H3. The van der Waals surface area contributed by atoms with E-state index in [9.17, 15) is 9.59 Å². The number of carbonyl (C=O) groups excluding carboxylic acids is 2. The van der Waals surface area contributed by atoms with E-state index in [1.54, 1.807) is 12.1 Å². The van der Waals surface area contributed by atoms with Gasteiger partial charge in [-0.1, -0.05) is 173 Å². The van der Waals surface area contributed by atoms with Gasteiger partial charge in [-0.2, -0.15) is 0 Å². The lowest BCUT2D eigenvalue weighted by atomic mass is 9.77. The highest BCUT2D eigenvalue weighted by atomic mass is 16.6. The SMILES string of the molecule is CCCCCCCCCCCCOC(=O)C(C)(CC)CC(C)c1ccc(COC(=O)c2ccc(B3OCC(CCCCCCCCCC)O3)cc2)cc1. The molecule has 0 N–H and O–H groups in total. The van der Waals surface area contributed by atoms with Gasteiger partial charge >= 0.3 is 19.1 Å². The van der Waals surface area contributed by atoms with E-state index >= 15 is 0 Å². The highest BCUT2D eigenvalue weighted by Gasteiger charge is 2.35. The number of carbonyl (C=O) groups is 2. The van der Waals surface area contributed by atoms with E-state index in [-0.39, 0.29) is 37.7 Å². The molecular weight excluding hydrogens is 659 g/mol. The molecule has 7 heteroatoms. The summed E-state index contributed by atoms with van der Waals surface area (Å²) in [5.74, 6) is -0.251. The van der Waals surface area contributed by atoms with Gasteiger partial charge in [-0.05, 0) is 67.2 Å². The molecular formula is C46H73BO6. The Kier molecular flexibility index (Phi) is 22.1. The first-order chi connectivity index (χ1) is 25.8. The van der Waals surface area contributed by atoms with Crippen molar-refractivity contribution < 1.29 is 28.4 Å². The second-order valence-electron chi connectivity index (χ2n) is 16.0. The number of hydrogen-bond donors (Lipinski definition) is 0. The zero-order valence-electron chi connectivity index (χ0n) is 34.3. The Balaban J connectivity index is 1.33. The Morgan fingerprint density at radius 1 is 0.736 bits per heavy atom. The molecule has 296 valence electrons. The Morgan fingerprint density at radius 2 is 1.28 bits per heavy atom. The number of rotatable bonds is 29. The Morgan fingerprint density at radius 3 is 1.85 bits per heavy atom. The van der Waals surface area contributed by atoms with Gasteiger partial charge in [0.05, 0.1) is 30.3 Å². The van der Waals surface area contributed by atoms with Gasteiger partial charge < -0.3 is 18.8 Å². The number of unbranched alkanes of at least 4 members (excludes halogenated alkanes) is 16. The van der Waals surface area contributed by atoms with Crippen LogP contribution in [0.1, 0.15) is 197 Å². The minimum Gasteiger partial charge on any atom is -0.465 e. The highest BCUT2D eigenvalue weighted by molar-refractivity contribution is 6.61. The maximum atomic E-state index is 13.1. The van der Waals surface area contributed by atoms with Crippen LogP contribution in [0.15, 0.2) is 48.5 Å². The molecule has 1 aliphatic rings. The van der Waals surface area contributed by atoms with Gasteiger partial charge in [-0.25, -0.2) is 4.79 Å². The van der Waals surface area contributed by atoms with Gasteiger partial charge in [0.2, 0.25) is 0 Å². The average Bonchev–Trinajstić information content (AvgIpc) is 3.66. The highest BCUT2D eigenvalue weighted by Crippen LogP contribution is 2.36. The molecule has 0 bridgehead atoms. The van der Waals surface area contributed by atoms with Gasteiger partial charge in [-0.15, -0.1) is 0 Å². The molecule has 53 heavy (non-hydrogen) atoms. The van der Waals surface area contributed by atoms with Crippen LogP contribution in [0.25, 0.3) is 0 Å². The van der Waals surface area contributed by atoms with E-state index in [4.69, 9.17) is 18.8 Å². The van der Waals surface area contributed by atoms with E-state index in [0.29, 0.717) is 18.8 Å². The van der Waals surface area contributed by atoms with Crippen LogP contribution in [0.4, 0.5) is 0 Å². The van der Waals surface area contributed by atoms with E-state index in [1.807, 2.05) is 31.2 Å².